The summed E-state index contributed by atoms with van der Waals surface area (Å²) in [6.07, 6.45) is -9.25. The number of fused-ring (bicyclic) bond motifs is 7. The number of rotatable bonds is 9. The second kappa shape index (κ2) is 15.7. The van der Waals surface area contributed by atoms with Crippen molar-refractivity contribution in [3.05, 3.63) is 11.6 Å². The van der Waals surface area contributed by atoms with Crippen molar-refractivity contribution in [2.75, 3.05) is 13.2 Å². The molecule has 0 spiro atoms. The highest BCUT2D eigenvalue weighted by atomic mass is 16.7. The van der Waals surface area contributed by atoms with Gasteiger partial charge in [0.2, 0.25) is 0 Å². The highest BCUT2D eigenvalue weighted by Gasteiger charge is 2.71. The van der Waals surface area contributed by atoms with Crippen molar-refractivity contribution >= 4 is 5.97 Å². The van der Waals surface area contributed by atoms with Crippen LogP contribution in [-0.4, -0.2) is 150 Å². The van der Waals surface area contributed by atoms with E-state index in [4.69, 9.17) is 18.9 Å². The van der Waals surface area contributed by atoms with Crippen molar-refractivity contribution < 1.29 is 74.8 Å². The van der Waals surface area contributed by atoms with Crippen molar-refractivity contribution in [2.45, 2.75) is 192 Å². The Bertz CT molecular complexity index is 1590. The minimum atomic E-state index is -1.63. The third-order valence-electron chi connectivity index (χ3n) is 17.7. The predicted octanol–water partition coefficient (Wildman–Crippen LogP) is 1.60. The van der Waals surface area contributed by atoms with Crippen molar-refractivity contribution in [3.63, 3.8) is 0 Å². The standard InChI is InChI=1S/C44H72O15/c1-39(2)17-22-21-8-9-26-41(5)13-11-29(59-38-36(55)34(53)32(51)24(58-38)16-30(48)49)40(3,4)25(41)10-14-42(26,6)43(21,7)19-28(47)44(22,27(46)18-39)20-56-37-35(54)33(52)31(50)23(57-37)12-15-45/h8,22-29,31-38,45-47,50-55H,9-20H2,1-7H3,(H,48,49)/t22-,23+,24+,25-,26+,27-,28-,29-,31+,32+,33-,34-,35+,36+,37+,38-,41-,42+,43+,44+/m0/s1. The number of carboxylic acids is 1. The second-order valence-corrected chi connectivity index (χ2v) is 21.7. The predicted molar refractivity (Wildman–Crippen MR) is 210 cm³/mol. The van der Waals surface area contributed by atoms with Crippen LogP contribution in [0, 0.1) is 50.2 Å². The Morgan fingerprint density at radius 2 is 1.36 bits per heavy atom. The molecule has 0 unspecified atom stereocenters. The van der Waals surface area contributed by atoms with Crippen LogP contribution < -0.4 is 0 Å². The Morgan fingerprint density at radius 3 is 2.00 bits per heavy atom. The van der Waals surface area contributed by atoms with Crippen LogP contribution in [0.5, 0.6) is 0 Å². The molecule has 0 amide bonds. The molecule has 0 radical (unpaired) electrons. The first kappa shape index (κ1) is 45.7. The molecule has 4 saturated carbocycles. The van der Waals surface area contributed by atoms with Crippen molar-refractivity contribution in [3.8, 4) is 0 Å². The van der Waals surface area contributed by atoms with Crippen LogP contribution in [0.2, 0.25) is 0 Å². The van der Waals surface area contributed by atoms with Crippen molar-refractivity contribution in [2.24, 2.45) is 50.2 Å². The number of carbonyl (C=O) groups is 1. The Hall–Kier alpha value is -1.31. The van der Waals surface area contributed by atoms with Gasteiger partial charge in [0.05, 0.1) is 49.0 Å². The van der Waals surface area contributed by atoms with Gasteiger partial charge in [-0.05, 0) is 103 Å². The van der Waals surface area contributed by atoms with Crippen molar-refractivity contribution in [1.82, 2.24) is 0 Å². The lowest BCUT2D eigenvalue weighted by atomic mass is 9.33. The van der Waals surface area contributed by atoms with E-state index >= 15 is 0 Å². The summed E-state index contributed by atoms with van der Waals surface area (Å²) in [7, 11) is 0. The first-order chi connectivity index (χ1) is 27.4. The normalized spacial score (nSPS) is 52.9. The number of hydrogen-bond donors (Lipinski definition) is 10. The maximum absolute atomic E-state index is 12.6. The molecule has 7 aliphatic rings. The van der Waals surface area contributed by atoms with Crippen LogP contribution >= 0.6 is 0 Å². The highest BCUT2D eigenvalue weighted by Crippen LogP contribution is 2.76. The van der Waals surface area contributed by atoms with Gasteiger partial charge in [0.15, 0.2) is 12.6 Å². The molecule has 5 aliphatic carbocycles. The van der Waals surface area contributed by atoms with Crippen LogP contribution in [0.1, 0.15) is 113 Å². The minimum Gasteiger partial charge on any atom is -0.481 e. The van der Waals surface area contributed by atoms with E-state index in [2.05, 4.69) is 54.5 Å². The molecule has 6 fully saturated rings. The largest absolute Gasteiger partial charge is 0.481 e. The van der Waals surface area contributed by atoms with E-state index in [9.17, 15) is 55.9 Å². The van der Waals surface area contributed by atoms with E-state index < -0.39 is 102 Å². The average Bonchev–Trinajstić information content (AvgIpc) is 3.13. The fraction of sp³-hybridized carbons (Fsp3) is 0.932. The first-order valence-electron chi connectivity index (χ1n) is 22.0. The van der Waals surface area contributed by atoms with Crippen LogP contribution in [0.4, 0.5) is 0 Å². The van der Waals surface area contributed by atoms with Crippen LogP contribution in [0.15, 0.2) is 11.6 Å². The van der Waals surface area contributed by atoms with Gasteiger partial charge in [-0.15, -0.1) is 0 Å². The maximum atomic E-state index is 12.6. The first-order valence-corrected chi connectivity index (χ1v) is 22.0. The van der Waals surface area contributed by atoms with E-state index in [0.717, 1.165) is 25.7 Å². The Morgan fingerprint density at radius 1 is 0.746 bits per heavy atom. The van der Waals surface area contributed by atoms with E-state index in [-0.39, 0.29) is 59.7 Å². The third kappa shape index (κ3) is 7.09. The molecule has 0 aromatic heterocycles. The summed E-state index contributed by atoms with van der Waals surface area (Å²) in [5.74, 6) is -1.08. The fourth-order valence-electron chi connectivity index (χ4n) is 14.3. The average molecular weight is 841 g/mol. The van der Waals surface area contributed by atoms with Crippen LogP contribution in [0.3, 0.4) is 0 Å². The van der Waals surface area contributed by atoms with Gasteiger partial charge in [-0.3, -0.25) is 4.79 Å². The Balaban J connectivity index is 1.16. The van der Waals surface area contributed by atoms with Gasteiger partial charge >= 0.3 is 5.97 Å². The topological polar surface area (TPSA) is 256 Å². The van der Waals surface area contributed by atoms with Gasteiger partial charge in [0.1, 0.15) is 36.6 Å². The quantitative estimate of drug-likeness (QED) is 0.117. The number of hydrogen-bond acceptors (Lipinski definition) is 14. The summed E-state index contributed by atoms with van der Waals surface area (Å²) in [4.78, 5) is 11.5. The minimum absolute atomic E-state index is 0.0237. The summed E-state index contributed by atoms with van der Waals surface area (Å²) >= 11 is 0. The number of ether oxygens (including phenoxy) is 4. The summed E-state index contributed by atoms with van der Waals surface area (Å²) in [5, 5.41) is 108. The lowest BCUT2D eigenvalue weighted by Gasteiger charge is -2.72. The zero-order valence-electron chi connectivity index (χ0n) is 35.8. The van der Waals surface area contributed by atoms with Gasteiger partial charge in [-0.1, -0.05) is 60.1 Å². The zero-order chi connectivity index (χ0) is 43.4. The summed E-state index contributed by atoms with van der Waals surface area (Å²) in [5.41, 5.74) is -1.47. The third-order valence-corrected chi connectivity index (χ3v) is 17.7. The highest BCUT2D eigenvalue weighted by molar-refractivity contribution is 5.67. The Labute approximate surface area is 347 Å². The number of aliphatic hydroxyl groups excluding tert-OH is 9. The molecule has 0 aromatic rings. The van der Waals surface area contributed by atoms with Crippen LogP contribution in [0.25, 0.3) is 0 Å². The molecule has 20 atom stereocenters. The molecular formula is C44H72O15. The molecule has 2 heterocycles. The fourth-order valence-corrected chi connectivity index (χ4v) is 14.3. The second-order valence-electron chi connectivity index (χ2n) is 21.7. The monoisotopic (exact) mass is 840 g/mol. The smallest absolute Gasteiger partial charge is 0.306 e. The van der Waals surface area contributed by atoms with Crippen LogP contribution in [-0.2, 0) is 23.7 Å². The molecule has 7 rings (SSSR count). The molecule has 2 aliphatic heterocycles. The summed E-state index contributed by atoms with van der Waals surface area (Å²) < 4.78 is 24.5. The lowest BCUT2D eigenvalue weighted by molar-refractivity contribution is -0.328. The molecule has 59 heavy (non-hydrogen) atoms. The SMILES string of the molecule is CC1(C)C[C@H](O)[C@]2(CO[C@@H]3O[C@H](CCO)[C@@H](O)[C@H](O)[C@H]3O)[C@@H](O)C[C@]3(C)C(=CC[C@@H]4[C@@]5(C)CC[C@H](O[C@@H]6O[C@H](CC(=O)O)[C@@H](O)[C@H](O)[C@H]6O)C(C)(C)[C@@H]5CC[C@]43C)[C@@H]2C1. The van der Waals surface area contributed by atoms with Gasteiger partial charge in [0, 0.05) is 6.61 Å². The van der Waals surface area contributed by atoms with Crippen molar-refractivity contribution in [1.29, 1.82) is 0 Å². The van der Waals surface area contributed by atoms with E-state index in [1.165, 1.54) is 5.57 Å². The number of carboxylic acid groups (broad SMARTS) is 1. The molecule has 0 aromatic carbocycles. The summed E-state index contributed by atoms with van der Waals surface area (Å²) in [6, 6.07) is 0. The molecule has 2 saturated heterocycles. The molecule has 15 heteroatoms. The van der Waals surface area contributed by atoms with E-state index in [0.29, 0.717) is 25.7 Å². The van der Waals surface area contributed by atoms with Gasteiger partial charge < -0.3 is 70.0 Å². The summed E-state index contributed by atoms with van der Waals surface area (Å²) in [6.45, 7) is 15.2. The van der Waals surface area contributed by atoms with Gasteiger partial charge in [-0.25, -0.2) is 0 Å². The number of allylic oxidation sites excluding steroid dienone is 2. The molecule has 15 nitrogen and oxygen atoms in total. The molecule has 0 bridgehead atoms. The molecular weight excluding hydrogens is 768 g/mol. The molecule has 338 valence electrons. The van der Waals surface area contributed by atoms with Gasteiger partial charge in [0.25, 0.3) is 0 Å². The Kier molecular flexibility index (Phi) is 12.2. The van der Waals surface area contributed by atoms with E-state index in [1.807, 2.05) is 0 Å². The zero-order valence-corrected chi connectivity index (χ0v) is 35.8. The van der Waals surface area contributed by atoms with Gasteiger partial charge in [-0.2, -0.15) is 0 Å². The van der Waals surface area contributed by atoms with E-state index in [1.54, 1.807) is 0 Å². The number of aliphatic hydroxyl groups is 9. The lowest BCUT2D eigenvalue weighted by Crippen LogP contribution is -2.70. The maximum Gasteiger partial charge on any atom is 0.306 e. The number of aliphatic carboxylic acids is 1. The molecule has 10 N–H and O–H groups in total.